The van der Waals surface area contributed by atoms with Gasteiger partial charge in [0.05, 0.1) is 0 Å². The molecule has 0 spiro atoms. The lowest BCUT2D eigenvalue weighted by atomic mass is 9.84. The Morgan fingerprint density at radius 2 is 2.00 bits per heavy atom. The fourth-order valence-corrected chi connectivity index (χ4v) is 4.60. The van der Waals surface area contributed by atoms with Crippen LogP contribution in [0.25, 0.3) is 0 Å². The van der Waals surface area contributed by atoms with Crippen LogP contribution in [0.4, 0.5) is 0 Å². The zero-order valence-electron chi connectivity index (χ0n) is 11.5. The Balaban J connectivity index is 1.36. The van der Waals surface area contributed by atoms with Crippen LogP contribution in [0.15, 0.2) is 0 Å². The fourth-order valence-electron chi connectivity index (χ4n) is 4.60. The molecule has 3 aliphatic carbocycles. The molecule has 1 heteroatoms. The first kappa shape index (κ1) is 12.0. The molecule has 1 N–H and O–H groups in total. The van der Waals surface area contributed by atoms with Gasteiger partial charge in [0.25, 0.3) is 0 Å². The second-order valence-corrected chi connectivity index (χ2v) is 6.87. The minimum absolute atomic E-state index is 0.860. The number of fused-ring (bicyclic) bond motifs is 2. The van der Waals surface area contributed by atoms with E-state index >= 15 is 0 Å². The van der Waals surface area contributed by atoms with E-state index in [1.165, 1.54) is 32.1 Å². The highest BCUT2D eigenvalue weighted by molar-refractivity contribution is 4.91. The molecule has 3 rings (SSSR count). The van der Waals surface area contributed by atoms with Crippen molar-refractivity contribution in [2.75, 3.05) is 6.54 Å². The van der Waals surface area contributed by atoms with Gasteiger partial charge in [-0.1, -0.05) is 26.2 Å². The van der Waals surface area contributed by atoms with Crippen LogP contribution < -0.4 is 5.32 Å². The molecule has 4 atom stereocenters. The Morgan fingerprint density at radius 1 is 1.12 bits per heavy atom. The normalized spacial score (nSPS) is 37.6. The van der Waals surface area contributed by atoms with E-state index in [1.807, 2.05) is 0 Å². The van der Waals surface area contributed by atoms with E-state index in [-0.39, 0.29) is 0 Å². The van der Waals surface area contributed by atoms with Crippen LogP contribution in [0.5, 0.6) is 0 Å². The van der Waals surface area contributed by atoms with E-state index in [4.69, 9.17) is 0 Å². The smallest absolute Gasteiger partial charge is 0.00952 e. The molecule has 17 heavy (non-hydrogen) atoms. The minimum Gasteiger partial charge on any atom is -0.314 e. The van der Waals surface area contributed by atoms with Crippen molar-refractivity contribution < 1.29 is 0 Å². The highest BCUT2D eigenvalue weighted by Gasteiger charge is 2.39. The second-order valence-electron chi connectivity index (χ2n) is 6.87. The van der Waals surface area contributed by atoms with E-state index in [0.29, 0.717) is 0 Å². The average molecular weight is 235 g/mol. The molecule has 3 saturated carbocycles. The lowest BCUT2D eigenvalue weighted by Gasteiger charge is -2.23. The summed E-state index contributed by atoms with van der Waals surface area (Å²) in [6, 6.07) is 0.860. The Hall–Kier alpha value is -0.0400. The molecule has 0 aliphatic heterocycles. The first-order valence-electron chi connectivity index (χ1n) is 8.10. The van der Waals surface area contributed by atoms with Gasteiger partial charge in [-0.25, -0.2) is 0 Å². The Morgan fingerprint density at radius 3 is 2.59 bits per heavy atom. The summed E-state index contributed by atoms with van der Waals surface area (Å²) in [5, 5.41) is 3.70. The highest BCUT2D eigenvalue weighted by atomic mass is 14.9. The van der Waals surface area contributed by atoms with Gasteiger partial charge in [-0.3, -0.25) is 0 Å². The molecular formula is C16H29N. The summed E-state index contributed by atoms with van der Waals surface area (Å²) >= 11 is 0. The Kier molecular flexibility index (Phi) is 3.75. The summed E-state index contributed by atoms with van der Waals surface area (Å²) < 4.78 is 0. The predicted octanol–water partition coefficient (Wildman–Crippen LogP) is 3.98. The molecule has 1 nitrogen and oxygen atoms in total. The Labute approximate surface area is 107 Å². The fraction of sp³-hybridized carbons (Fsp3) is 1.00. The predicted molar refractivity (Wildman–Crippen MR) is 73.0 cm³/mol. The van der Waals surface area contributed by atoms with E-state index in [9.17, 15) is 0 Å². The summed E-state index contributed by atoms with van der Waals surface area (Å²) in [7, 11) is 0. The third-order valence-electron chi connectivity index (χ3n) is 5.63. The van der Waals surface area contributed by atoms with Gasteiger partial charge in [0.2, 0.25) is 0 Å². The maximum absolute atomic E-state index is 3.70. The zero-order valence-corrected chi connectivity index (χ0v) is 11.5. The zero-order chi connectivity index (χ0) is 11.7. The molecule has 0 aromatic heterocycles. The number of hydrogen-bond acceptors (Lipinski definition) is 1. The molecule has 4 unspecified atom stereocenters. The van der Waals surface area contributed by atoms with Gasteiger partial charge in [0.1, 0.15) is 0 Å². The van der Waals surface area contributed by atoms with Crippen molar-refractivity contribution >= 4 is 0 Å². The van der Waals surface area contributed by atoms with Crippen LogP contribution >= 0.6 is 0 Å². The molecule has 0 amide bonds. The van der Waals surface area contributed by atoms with E-state index in [2.05, 4.69) is 12.2 Å². The lowest BCUT2D eigenvalue weighted by Crippen LogP contribution is -2.30. The monoisotopic (exact) mass is 235 g/mol. The molecule has 0 aromatic rings. The summed E-state index contributed by atoms with van der Waals surface area (Å²) in [5.41, 5.74) is 0. The van der Waals surface area contributed by atoms with Crippen LogP contribution in [0, 0.1) is 23.7 Å². The molecule has 0 radical (unpaired) electrons. The quantitative estimate of drug-likeness (QED) is 0.704. The molecule has 98 valence electrons. The second kappa shape index (κ2) is 5.30. The SMILES string of the molecule is CCNC(CCCC1CC2CCC1C2)C1CC1. The van der Waals surface area contributed by atoms with Gasteiger partial charge < -0.3 is 5.32 Å². The first-order chi connectivity index (χ1) is 8.36. The Bertz CT molecular complexity index is 244. The third-order valence-corrected chi connectivity index (χ3v) is 5.63. The van der Waals surface area contributed by atoms with Crippen molar-refractivity contribution in [3.8, 4) is 0 Å². The van der Waals surface area contributed by atoms with Crippen molar-refractivity contribution in [1.82, 2.24) is 5.32 Å². The first-order valence-corrected chi connectivity index (χ1v) is 8.10. The van der Waals surface area contributed by atoms with Gasteiger partial charge >= 0.3 is 0 Å². The van der Waals surface area contributed by atoms with Crippen molar-refractivity contribution in [3.05, 3.63) is 0 Å². The van der Waals surface area contributed by atoms with Crippen LogP contribution in [0.2, 0.25) is 0 Å². The van der Waals surface area contributed by atoms with Crippen molar-refractivity contribution in [2.45, 2.75) is 70.8 Å². The standard InChI is InChI=1S/C16H29N/c1-2-17-16(13-8-9-13)5-3-4-14-10-12-6-7-15(14)11-12/h12-17H,2-11H2,1H3. The van der Waals surface area contributed by atoms with Crippen molar-refractivity contribution in [1.29, 1.82) is 0 Å². The molecule has 3 aliphatic rings. The summed E-state index contributed by atoms with van der Waals surface area (Å²) in [6.07, 6.45) is 13.8. The highest BCUT2D eigenvalue weighted by Crippen LogP contribution is 2.50. The van der Waals surface area contributed by atoms with Gasteiger partial charge in [-0.2, -0.15) is 0 Å². The maximum Gasteiger partial charge on any atom is 0.00952 e. The van der Waals surface area contributed by atoms with Gasteiger partial charge in [0.15, 0.2) is 0 Å². The minimum atomic E-state index is 0.860. The van der Waals surface area contributed by atoms with Crippen molar-refractivity contribution in [3.63, 3.8) is 0 Å². The van der Waals surface area contributed by atoms with Crippen LogP contribution in [0.3, 0.4) is 0 Å². The number of rotatable bonds is 7. The topological polar surface area (TPSA) is 12.0 Å². The van der Waals surface area contributed by atoms with Gasteiger partial charge in [-0.05, 0) is 68.7 Å². The summed E-state index contributed by atoms with van der Waals surface area (Å²) in [5.74, 6) is 4.43. The van der Waals surface area contributed by atoms with E-state index in [0.717, 1.165) is 36.3 Å². The molecular weight excluding hydrogens is 206 g/mol. The summed E-state index contributed by atoms with van der Waals surface area (Å²) in [6.45, 7) is 3.42. The van der Waals surface area contributed by atoms with Crippen LogP contribution in [0.1, 0.15) is 64.7 Å². The largest absolute Gasteiger partial charge is 0.314 e. The molecule has 2 bridgehead atoms. The average Bonchev–Trinajstić information content (AvgIpc) is 2.98. The lowest BCUT2D eigenvalue weighted by molar-refractivity contribution is 0.296. The van der Waals surface area contributed by atoms with Gasteiger partial charge in [-0.15, -0.1) is 0 Å². The van der Waals surface area contributed by atoms with E-state index in [1.54, 1.807) is 25.7 Å². The number of nitrogens with one attached hydrogen (secondary N) is 1. The van der Waals surface area contributed by atoms with Crippen LogP contribution in [-0.4, -0.2) is 12.6 Å². The molecule has 0 saturated heterocycles. The third kappa shape index (κ3) is 2.86. The van der Waals surface area contributed by atoms with E-state index < -0.39 is 0 Å². The number of hydrogen-bond donors (Lipinski definition) is 1. The molecule has 0 heterocycles. The van der Waals surface area contributed by atoms with Crippen molar-refractivity contribution in [2.24, 2.45) is 23.7 Å². The summed E-state index contributed by atoms with van der Waals surface area (Å²) in [4.78, 5) is 0. The molecule has 3 fully saturated rings. The van der Waals surface area contributed by atoms with Gasteiger partial charge in [0, 0.05) is 6.04 Å². The molecule has 0 aromatic carbocycles. The van der Waals surface area contributed by atoms with Crippen LogP contribution in [-0.2, 0) is 0 Å². The maximum atomic E-state index is 3.70.